The Hall–Kier alpha value is -0.570. The van der Waals surface area contributed by atoms with Crippen LogP contribution < -0.4 is 5.32 Å². The van der Waals surface area contributed by atoms with Gasteiger partial charge in [-0.3, -0.25) is 4.90 Å². The standard InChI is InChI=1S/C14H22N2.ClH/c1-3-12-4-6-13(7-5-12)11-16(2)14-8-9-15-10-14;/h4-7,14-15H,3,8-11H2,1-2H3;1H. The van der Waals surface area contributed by atoms with Crippen molar-refractivity contribution in [3.63, 3.8) is 0 Å². The number of benzene rings is 1. The summed E-state index contributed by atoms with van der Waals surface area (Å²) in [6.45, 7) is 5.58. The first-order valence-electron chi connectivity index (χ1n) is 6.28. The predicted octanol–water partition coefficient (Wildman–Crippen LogP) is 2.46. The predicted molar refractivity (Wildman–Crippen MR) is 75.8 cm³/mol. The molecule has 0 aliphatic carbocycles. The van der Waals surface area contributed by atoms with Crippen LogP contribution in [0.3, 0.4) is 0 Å². The van der Waals surface area contributed by atoms with Crippen molar-refractivity contribution in [2.24, 2.45) is 0 Å². The minimum absolute atomic E-state index is 0. The lowest BCUT2D eigenvalue weighted by molar-refractivity contribution is 0.249. The average molecular weight is 255 g/mol. The van der Waals surface area contributed by atoms with Crippen molar-refractivity contribution >= 4 is 12.4 Å². The number of rotatable bonds is 4. The quantitative estimate of drug-likeness (QED) is 0.888. The second-order valence-corrected chi connectivity index (χ2v) is 4.73. The highest BCUT2D eigenvalue weighted by Gasteiger charge is 2.18. The molecule has 96 valence electrons. The molecule has 3 heteroatoms. The fraction of sp³-hybridized carbons (Fsp3) is 0.571. The lowest BCUT2D eigenvalue weighted by atomic mass is 10.1. The molecule has 0 spiro atoms. The molecule has 1 fully saturated rings. The maximum absolute atomic E-state index is 3.42. The molecule has 1 atom stereocenters. The Labute approximate surface area is 111 Å². The zero-order valence-corrected chi connectivity index (χ0v) is 11.6. The van der Waals surface area contributed by atoms with Crippen molar-refractivity contribution in [1.29, 1.82) is 0 Å². The minimum Gasteiger partial charge on any atom is -0.315 e. The molecule has 0 bridgehead atoms. The van der Waals surface area contributed by atoms with Gasteiger partial charge in [0.2, 0.25) is 0 Å². The van der Waals surface area contributed by atoms with Crippen molar-refractivity contribution in [1.82, 2.24) is 10.2 Å². The molecule has 1 aliphatic rings. The molecule has 1 saturated heterocycles. The highest BCUT2D eigenvalue weighted by Crippen LogP contribution is 2.12. The van der Waals surface area contributed by atoms with Crippen molar-refractivity contribution in [3.05, 3.63) is 35.4 Å². The third-order valence-electron chi connectivity index (χ3n) is 3.52. The second-order valence-electron chi connectivity index (χ2n) is 4.73. The summed E-state index contributed by atoms with van der Waals surface area (Å²) in [7, 11) is 2.23. The second kappa shape index (κ2) is 7.00. The lowest BCUT2D eigenvalue weighted by Gasteiger charge is -2.23. The Bertz CT molecular complexity index is 317. The first-order valence-corrected chi connectivity index (χ1v) is 6.28. The van der Waals surface area contributed by atoms with Crippen LogP contribution in [-0.2, 0) is 13.0 Å². The molecule has 17 heavy (non-hydrogen) atoms. The normalized spacial score (nSPS) is 19.4. The Morgan fingerprint density at radius 2 is 1.88 bits per heavy atom. The van der Waals surface area contributed by atoms with Gasteiger partial charge in [0.25, 0.3) is 0 Å². The van der Waals surface area contributed by atoms with Gasteiger partial charge in [-0.2, -0.15) is 0 Å². The molecule has 2 nitrogen and oxygen atoms in total. The number of aryl methyl sites for hydroxylation is 1. The molecule has 0 saturated carbocycles. The zero-order chi connectivity index (χ0) is 11.4. The van der Waals surface area contributed by atoms with E-state index in [1.54, 1.807) is 0 Å². The van der Waals surface area contributed by atoms with Gasteiger partial charge in [-0.25, -0.2) is 0 Å². The molecule has 1 aromatic carbocycles. The summed E-state index contributed by atoms with van der Waals surface area (Å²) in [4.78, 5) is 2.46. The van der Waals surface area contributed by atoms with Gasteiger partial charge < -0.3 is 5.32 Å². The van der Waals surface area contributed by atoms with Gasteiger partial charge in [-0.05, 0) is 37.6 Å². The van der Waals surface area contributed by atoms with E-state index >= 15 is 0 Å². The maximum atomic E-state index is 3.42. The molecule has 1 N–H and O–H groups in total. The third kappa shape index (κ3) is 3.98. The summed E-state index contributed by atoms with van der Waals surface area (Å²) >= 11 is 0. The Morgan fingerprint density at radius 1 is 1.24 bits per heavy atom. The number of hydrogen-bond acceptors (Lipinski definition) is 2. The van der Waals surface area contributed by atoms with Crippen molar-refractivity contribution in [2.45, 2.75) is 32.4 Å². The van der Waals surface area contributed by atoms with Gasteiger partial charge in [0, 0.05) is 19.1 Å². The summed E-state index contributed by atoms with van der Waals surface area (Å²) < 4.78 is 0. The number of nitrogens with zero attached hydrogens (tertiary/aromatic N) is 1. The molecular weight excluding hydrogens is 232 g/mol. The summed E-state index contributed by atoms with van der Waals surface area (Å²) in [6, 6.07) is 9.73. The van der Waals surface area contributed by atoms with E-state index in [1.165, 1.54) is 24.1 Å². The Balaban J connectivity index is 0.00000144. The van der Waals surface area contributed by atoms with E-state index in [0.717, 1.165) is 19.5 Å². The van der Waals surface area contributed by atoms with E-state index in [0.29, 0.717) is 6.04 Å². The zero-order valence-electron chi connectivity index (χ0n) is 10.8. The van der Waals surface area contributed by atoms with E-state index in [4.69, 9.17) is 0 Å². The molecule has 1 heterocycles. The summed E-state index contributed by atoms with van der Waals surface area (Å²) in [5.74, 6) is 0. The van der Waals surface area contributed by atoms with Crippen molar-refractivity contribution in [3.8, 4) is 0 Å². The van der Waals surface area contributed by atoms with Crippen LogP contribution in [-0.4, -0.2) is 31.1 Å². The van der Waals surface area contributed by atoms with Crippen LogP contribution in [0.5, 0.6) is 0 Å². The van der Waals surface area contributed by atoms with Gasteiger partial charge in [0.1, 0.15) is 0 Å². The molecule has 2 rings (SSSR count). The number of likely N-dealkylation sites (N-methyl/N-ethyl adjacent to an activating group) is 1. The van der Waals surface area contributed by atoms with E-state index in [9.17, 15) is 0 Å². The Kier molecular flexibility index (Phi) is 5.96. The molecular formula is C14H23ClN2. The van der Waals surface area contributed by atoms with E-state index in [2.05, 4.69) is 48.5 Å². The molecule has 0 amide bonds. The van der Waals surface area contributed by atoms with Crippen LogP contribution in [0.25, 0.3) is 0 Å². The highest BCUT2D eigenvalue weighted by molar-refractivity contribution is 5.85. The molecule has 1 aliphatic heterocycles. The van der Waals surface area contributed by atoms with Gasteiger partial charge in [0.15, 0.2) is 0 Å². The lowest BCUT2D eigenvalue weighted by Crippen LogP contribution is -2.32. The van der Waals surface area contributed by atoms with Gasteiger partial charge in [0.05, 0.1) is 0 Å². The van der Waals surface area contributed by atoms with Gasteiger partial charge in [-0.1, -0.05) is 31.2 Å². The fourth-order valence-corrected chi connectivity index (χ4v) is 2.31. The number of nitrogens with one attached hydrogen (secondary N) is 1. The van der Waals surface area contributed by atoms with Crippen LogP contribution in [0.15, 0.2) is 24.3 Å². The van der Waals surface area contributed by atoms with Crippen LogP contribution in [0.1, 0.15) is 24.5 Å². The van der Waals surface area contributed by atoms with E-state index in [-0.39, 0.29) is 12.4 Å². The van der Waals surface area contributed by atoms with Gasteiger partial charge in [-0.15, -0.1) is 12.4 Å². The maximum Gasteiger partial charge on any atom is 0.0234 e. The number of hydrogen-bond donors (Lipinski definition) is 1. The minimum atomic E-state index is 0. The van der Waals surface area contributed by atoms with Crippen LogP contribution >= 0.6 is 12.4 Å². The Morgan fingerprint density at radius 3 is 2.41 bits per heavy atom. The SMILES string of the molecule is CCc1ccc(CN(C)C2CCNC2)cc1.Cl. The first kappa shape index (κ1) is 14.5. The topological polar surface area (TPSA) is 15.3 Å². The fourth-order valence-electron chi connectivity index (χ4n) is 2.31. The molecule has 1 unspecified atom stereocenters. The highest BCUT2D eigenvalue weighted by atomic mass is 35.5. The first-order chi connectivity index (χ1) is 7.79. The summed E-state index contributed by atoms with van der Waals surface area (Å²) in [6.07, 6.45) is 2.41. The molecule has 0 aromatic heterocycles. The number of halogens is 1. The van der Waals surface area contributed by atoms with Crippen LogP contribution in [0, 0.1) is 0 Å². The third-order valence-corrected chi connectivity index (χ3v) is 3.52. The van der Waals surface area contributed by atoms with Crippen LogP contribution in [0.2, 0.25) is 0 Å². The molecule has 0 radical (unpaired) electrons. The smallest absolute Gasteiger partial charge is 0.0234 e. The van der Waals surface area contributed by atoms with Gasteiger partial charge >= 0.3 is 0 Å². The average Bonchev–Trinajstić information content (AvgIpc) is 2.83. The van der Waals surface area contributed by atoms with Crippen molar-refractivity contribution in [2.75, 3.05) is 20.1 Å². The molecule has 1 aromatic rings. The van der Waals surface area contributed by atoms with Crippen molar-refractivity contribution < 1.29 is 0 Å². The van der Waals surface area contributed by atoms with Crippen LogP contribution in [0.4, 0.5) is 0 Å². The summed E-state index contributed by atoms with van der Waals surface area (Å²) in [5.41, 5.74) is 2.85. The monoisotopic (exact) mass is 254 g/mol. The van der Waals surface area contributed by atoms with E-state index < -0.39 is 0 Å². The summed E-state index contributed by atoms with van der Waals surface area (Å²) in [5, 5.41) is 3.42. The largest absolute Gasteiger partial charge is 0.315 e. The van der Waals surface area contributed by atoms with E-state index in [1.807, 2.05) is 0 Å².